The topological polar surface area (TPSA) is 90.5 Å². The van der Waals surface area contributed by atoms with Crippen LogP contribution in [0.15, 0.2) is 65.2 Å². The second-order valence-corrected chi connectivity index (χ2v) is 14.4. The number of aryl methyl sites for hydroxylation is 1. The van der Waals surface area contributed by atoms with Crippen molar-refractivity contribution >= 4 is 17.2 Å². The van der Waals surface area contributed by atoms with Gasteiger partial charge in [-0.1, -0.05) is 106 Å². The highest BCUT2D eigenvalue weighted by molar-refractivity contribution is 6.13. The molecule has 3 rings (SSSR count). The van der Waals surface area contributed by atoms with E-state index in [0.29, 0.717) is 66.2 Å². The predicted molar refractivity (Wildman–Crippen MR) is 222 cm³/mol. The number of hydrogen-bond donors (Lipinski definition) is 1. The summed E-state index contributed by atoms with van der Waals surface area (Å²) in [7, 11) is 1.89. The fraction of sp³-hybridized carbons (Fsp3) is 0.578. The molecule has 1 heterocycles. The SMILES string of the molecule is C=C(N=C(N=C(C)c1ccnn1C)c1ccc(OCC(CC)CCCC)cc1OCC(CC)CCCC)c1ccc(OCC(CC)CCCC)cc1O. The van der Waals surface area contributed by atoms with Crippen LogP contribution in [-0.2, 0) is 7.05 Å². The van der Waals surface area contributed by atoms with Crippen LogP contribution in [0.5, 0.6) is 23.0 Å². The van der Waals surface area contributed by atoms with Crippen molar-refractivity contribution in [2.45, 2.75) is 126 Å². The molecule has 8 nitrogen and oxygen atoms in total. The number of aliphatic imine (C=N–C) groups is 2. The summed E-state index contributed by atoms with van der Waals surface area (Å²) in [4.78, 5) is 10.1. The van der Waals surface area contributed by atoms with Gasteiger partial charge < -0.3 is 19.3 Å². The lowest BCUT2D eigenvalue weighted by Gasteiger charge is -2.20. The van der Waals surface area contributed by atoms with E-state index in [-0.39, 0.29) is 5.75 Å². The van der Waals surface area contributed by atoms with E-state index < -0.39 is 0 Å². The highest BCUT2D eigenvalue weighted by atomic mass is 16.5. The van der Waals surface area contributed by atoms with Crippen molar-refractivity contribution in [3.63, 3.8) is 0 Å². The number of amidine groups is 1. The molecular formula is C45H68N4O4. The fourth-order valence-electron chi connectivity index (χ4n) is 6.35. The van der Waals surface area contributed by atoms with Crippen molar-refractivity contribution < 1.29 is 19.3 Å². The van der Waals surface area contributed by atoms with Gasteiger partial charge in [0, 0.05) is 30.9 Å². The van der Waals surface area contributed by atoms with Gasteiger partial charge in [0.2, 0.25) is 0 Å². The van der Waals surface area contributed by atoms with E-state index >= 15 is 0 Å². The van der Waals surface area contributed by atoms with Crippen LogP contribution in [0.1, 0.15) is 142 Å². The summed E-state index contributed by atoms with van der Waals surface area (Å²) in [6, 6.07) is 13.2. The van der Waals surface area contributed by atoms with E-state index in [1.165, 1.54) is 32.1 Å². The first-order valence-corrected chi connectivity index (χ1v) is 20.3. The predicted octanol–water partition coefficient (Wildman–Crippen LogP) is 11.8. The van der Waals surface area contributed by atoms with Gasteiger partial charge in [-0.15, -0.1) is 0 Å². The Kier molecular flexibility index (Phi) is 19.3. The molecule has 53 heavy (non-hydrogen) atoms. The molecule has 8 heteroatoms. The second kappa shape index (κ2) is 23.6. The van der Waals surface area contributed by atoms with Crippen LogP contribution >= 0.6 is 0 Å². The van der Waals surface area contributed by atoms with Crippen molar-refractivity contribution in [2.24, 2.45) is 34.8 Å². The molecule has 3 unspecified atom stereocenters. The van der Waals surface area contributed by atoms with Gasteiger partial charge in [0.15, 0.2) is 5.84 Å². The molecule has 0 amide bonds. The molecule has 2 aromatic carbocycles. The summed E-state index contributed by atoms with van der Waals surface area (Å²) < 4.78 is 21.0. The minimum Gasteiger partial charge on any atom is -0.507 e. The molecule has 0 fully saturated rings. The molecule has 0 saturated carbocycles. The number of unbranched alkanes of at least 4 members (excludes halogenated alkanes) is 3. The number of phenolic OH excluding ortho intramolecular Hbond substituents is 1. The molecule has 292 valence electrons. The van der Waals surface area contributed by atoms with Crippen molar-refractivity contribution in [3.8, 4) is 23.0 Å². The minimum absolute atomic E-state index is 0.0556. The summed E-state index contributed by atoms with van der Waals surface area (Å²) in [6.07, 6.45) is 15.4. The smallest absolute Gasteiger partial charge is 0.163 e. The van der Waals surface area contributed by atoms with Gasteiger partial charge in [-0.2, -0.15) is 5.10 Å². The standard InChI is InChI=1S/C45H68N4O4/c1-10-16-19-35(13-4)30-51-38-22-24-40(43(50)28-38)33(7)47-45(48-34(8)42-26-27-46-49(42)9)41-25-23-39(52-31-36(14-5)20-17-11-2)29-44(41)53-32-37(15-6)21-18-12-3/h22-29,35-37,50H,7,10-21,30-32H2,1-6,8-9H3. The second-order valence-electron chi connectivity index (χ2n) is 14.4. The molecule has 0 spiro atoms. The van der Waals surface area contributed by atoms with Crippen LogP contribution in [0, 0.1) is 17.8 Å². The summed E-state index contributed by atoms with van der Waals surface area (Å²) >= 11 is 0. The molecule has 3 aromatic rings. The molecule has 0 aliphatic carbocycles. The Morgan fingerprint density at radius 1 is 0.717 bits per heavy atom. The lowest BCUT2D eigenvalue weighted by atomic mass is 10.0. The van der Waals surface area contributed by atoms with Crippen molar-refractivity contribution in [1.82, 2.24) is 9.78 Å². The molecule has 0 aliphatic rings. The Morgan fingerprint density at radius 3 is 1.70 bits per heavy atom. The quantitative estimate of drug-likeness (QED) is 0.0693. The molecule has 0 saturated heterocycles. The van der Waals surface area contributed by atoms with Crippen LogP contribution < -0.4 is 14.2 Å². The number of ether oxygens (including phenoxy) is 3. The van der Waals surface area contributed by atoms with Gasteiger partial charge in [0.25, 0.3) is 0 Å². The van der Waals surface area contributed by atoms with Crippen LogP contribution in [-0.4, -0.2) is 46.3 Å². The Hall–Kier alpha value is -4.07. The summed E-state index contributed by atoms with van der Waals surface area (Å²) in [5, 5.41) is 15.5. The van der Waals surface area contributed by atoms with E-state index in [4.69, 9.17) is 24.2 Å². The fourth-order valence-corrected chi connectivity index (χ4v) is 6.35. The normalized spacial score (nSPS) is 13.8. The zero-order valence-electron chi connectivity index (χ0n) is 34.1. The average Bonchev–Trinajstić information content (AvgIpc) is 3.60. The molecule has 0 bridgehead atoms. The highest BCUT2D eigenvalue weighted by Gasteiger charge is 2.19. The number of aromatic nitrogens is 2. The molecule has 1 N–H and O–H groups in total. The highest BCUT2D eigenvalue weighted by Crippen LogP contribution is 2.33. The van der Waals surface area contributed by atoms with Crippen LogP contribution in [0.4, 0.5) is 0 Å². The number of nitrogens with zero attached hydrogens (tertiary/aromatic N) is 4. The number of benzene rings is 2. The largest absolute Gasteiger partial charge is 0.507 e. The van der Waals surface area contributed by atoms with E-state index in [2.05, 4.69) is 53.2 Å². The van der Waals surface area contributed by atoms with Gasteiger partial charge in [-0.05, 0) is 74.3 Å². The summed E-state index contributed by atoms with van der Waals surface area (Å²) in [5.41, 5.74) is 3.21. The summed E-state index contributed by atoms with van der Waals surface area (Å²) in [6.45, 7) is 21.4. The molecule has 1 aromatic heterocycles. The minimum atomic E-state index is 0.0556. The van der Waals surface area contributed by atoms with Crippen LogP contribution in [0.25, 0.3) is 5.70 Å². The maximum atomic E-state index is 11.2. The molecular weight excluding hydrogens is 661 g/mol. The zero-order chi connectivity index (χ0) is 38.6. The lowest BCUT2D eigenvalue weighted by molar-refractivity contribution is 0.223. The maximum Gasteiger partial charge on any atom is 0.163 e. The first-order chi connectivity index (χ1) is 25.7. The lowest BCUT2D eigenvalue weighted by Crippen LogP contribution is -2.15. The molecule has 3 atom stereocenters. The van der Waals surface area contributed by atoms with E-state index in [0.717, 1.165) is 67.7 Å². The number of phenols is 1. The van der Waals surface area contributed by atoms with E-state index in [9.17, 15) is 5.11 Å². The van der Waals surface area contributed by atoms with Crippen LogP contribution in [0.2, 0.25) is 0 Å². The maximum absolute atomic E-state index is 11.2. The van der Waals surface area contributed by atoms with Crippen molar-refractivity contribution in [2.75, 3.05) is 19.8 Å². The van der Waals surface area contributed by atoms with Gasteiger partial charge in [0.1, 0.15) is 23.0 Å². The Labute approximate surface area is 320 Å². The number of rotatable bonds is 25. The number of hydrogen-bond acceptors (Lipinski definition) is 6. The Balaban J connectivity index is 2.05. The van der Waals surface area contributed by atoms with Crippen LogP contribution in [0.3, 0.4) is 0 Å². The average molecular weight is 729 g/mol. The van der Waals surface area contributed by atoms with E-state index in [1.54, 1.807) is 16.9 Å². The van der Waals surface area contributed by atoms with Gasteiger partial charge in [0.05, 0.1) is 42.5 Å². The third-order valence-corrected chi connectivity index (χ3v) is 10.3. The Bertz CT molecular complexity index is 1590. The zero-order valence-corrected chi connectivity index (χ0v) is 34.1. The molecule has 0 aliphatic heterocycles. The van der Waals surface area contributed by atoms with Crippen molar-refractivity contribution in [3.05, 3.63) is 72.1 Å². The Morgan fingerprint density at radius 2 is 1.23 bits per heavy atom. The van der Waals surface area contributed by atoms with Gasteiger partial charge >= 0.3 is 0 Å². The van der Waals surface area contributed by atoms with Crippen molar-refractivity contribution in [1.29, 1.82) is 0 Å². The summed E-state index contributed by atoms with van der Waals surface area (Å²) in [5.74, 6) is 3.95. The number of aromatic hydroxyl groups is 1. The molecule has 0 radical (unpaired) electrons. The monoisotopic (exact) mass is 729 g/mol. The first kappa shape index (κ1) is 43.3. The van der Waals surface area contributed by atoms with E-state index in [1.807, 2.05) is 50.4 Å². The first-order valence-electron chi connectivity index (χ1n) is 20.3. The van der Waals surface area contributed by atoms with Gasteiger partial charge in [-0.3, -0.25) is 4.68 Å². The van der Waals surface area contributed by atoms with Gasteiger partial charge in [-0.25, -0.2) is 9.98 Å². The third-order valence-electron chi connectivity index (χ3n) is 10.3. The third kappa shape index (κ3) is 14.0.